The number of amides is 2. The Morgan fingerprint density at radius 1 is 1.05 bits per heavy atom. The lowest BCUT2D eigenvalue weighted by Gasteiger charge is -2.24. The molecule has 124 valence electrons. The molecule has 0 fully saturated rings. The van der Waals surface area contributed by atoms with Gasteiger partial charge in [-0.3, -0.25) is 9.59 Å². The normalized spacial score (nSPS) is 16.7. The van der Waals surface area contributed by atoms with Crippen LogP contribution in [0, 0.1) is 0 Å². The standard InChI is InChI=1S/C12H24N2O7/c1-13-8(17)4-2-3-5-14-12(21)11(20)10(19)9(18)7(16)6-15/h7,9-11,15-16,18-20H,2-6H2,1H3,(H,13,17)(H,14,21). The number of rotatable bonds is 10. The average Bonchev–Trinajstić information content (AvgIpc) is 2.50. The SMILES string of the molecule is CNC(=O)CCCCNC(=O)C(O)C(O)C(O)C(O)CO. The van der Waals surface area contributed by atoms with Crippen molar-refractivity contribution in [3.05, 3.63) is 0 Å². The molecule has 0 aromatic heterocycles. The Labute approximate surface area is 122 Å². The fraction of sp³-hybridized carbons (Fsp3) is 0.833. The van der Waals surface area contributed by atoms with Crippen molar-refractivity contribution in [1.29, 1.82) is 0 Å². The highest BCUT2D eigenvalue weighted by Gasteiger charge is 2.33. The molecule has 0 rings (SSSR count). The Kier molecular flexibility index (Phi) is 9.84. The number of aliphatic hydroxyl groups is 5. The molecule has 9 heteroatoms. The minimum Gasteiger partial charge on any atom is -0.394 e. The summed E-state index contributed by atoms with van der Waals surface area (Å²) < 4.78 is 0. The van der Waals surface area contributed by atoms with Crippen LogP contribution in [-0.2, 0) is 9.59 Å². The van der Waals surface area contributed by atoms with Gasteiger partial charge in [-0.1, -0.05) is 0 Å². The molecule has 0 bridgehead atoms. The summed E-state index contributed by atoms with van der Waals surface area (Å²) in [5.74, 6) is -1.02. The third-order valence-electron chi connectivity index (χ3n) is 2.93. The highest BCUT2D eigenvalue weighted by Crippen LogP contribution is 2.05. The predicted octanol–water partition coefficient (Wildman–Crippen LogP) is -3.55. The van der Waals surface area contributed by atoms with Crippen molar-refractivity contribution in [1.82, 2.24) is 10.6 Å². The van der Waals surface area contributed by atoms with E-state index in [1.54, 1.807) is 0 Å². The summed E-state index contributed by atoms with van der Waals surface area (Å²) in [5, 5.41) is 50.8. The van der Waals surface area contributed by atoms with E-state index >= 15 is 0 Å². The summed E-state index contributed by atoms with van der Waals surface area (Å²) in [4.78, 5) is 22.4. The first-order chi connectivity index (χ1) is 9.84. The van der Waals surface area contributed by atoms with Gasteiger partial charge in [0, 0.05) is 20.0 Å². The van der Waals surface area contributed by atoms with E-state index in [9.17, 15) is 24.9 Å². The van der Waals surface area contributed by atoms with Crippen molar-refractivity contribution in [3.63, 3.8) is 0 Å². The first-order valence-corrected chi connectivity index (χ1v) is 6.66. The maximum Gasteiger partial charge on any atom is 0.251 e. The van der Waals surface area contributed by atoms with E-state index < -0.39 is 36.9 Å². The van der Waals surface area contributed by atoms with Gasteiger partial charge in [0.2, 0.25) is 5.91 Å². The Hall–Kier alpha value is -1.26. The van der Waals surface area contributed by atoms with Crippen LogP contribution < -0.4 is 10.6 Å². The Balaban J connectivity index is 4.02. The molecule has 9 nitrogen and oxygen atoms in total. The van der Waals surface area contributed by atoms with Crippen molar-refractivity contribution in [2.75, 3.05) is 20.2 Å². The number of unbranched alkanes of at least 4 members (excludes halogenated alkanes) is 1. The van der Waals surface area contributed by atoms with Crippen LogP contribution in [0.2, 0.25) is 0 Å². The number of carbonyl (C=O) groups is 2. The molecule has 21 heavy (non-hydrogen) atoms. The van der Waals surface area contributed by atoms with Crippen LogP contribution in [0.3, 0.4) is 0 Å². The molecular formula is C12H24N2O7. The molecule has 0 aromatic rings. The van der Waals surface area contributed by atoms with E-state index in [0.29, 0.717) is 19.3 Å². The average molecular weight is 308 g/mol. The van der Waals surface area contributed by atoms with Crippen molar-refractivity contribution in [2.24, 2.45) is 0 Å². The Bertz CT molecular complexity index is 327. The summed E-state index contributed by atoms with van der Waals surface area (Å²) in [6.45, 7) is -0.621. The zero-order valence-corrected chi connectivity index (χ0v) is 11.9. The van der Waals surface area contributed by atoms with E-state index in [1.165, 1.54) is 7.05 Å². The highest BCUT2D eigenvalue weighted by atomic mass is 16.4. The van der Waals surface area contributed by atoms with Crippen LogP contribution >= 0.6 is 0 Å². The molecule has 4 unspecified atom stereocenters. The van der Waals surface area contributed by atoms with Crippen LogP contribution in [0.1, 0.15) is 19.3 Å². The van der Waals surface area contributed by atoms with E-state index in [-0.39, 0.29) is 12.5 Å². The van der Waals surface area contributed by atoms with Crippen molar-refractivity contribution >= 4 is 11.8 Å². The van der Waals surface area contributed by atoms with Gasteiger partial charge in [0.25, 0.3) is 5.91 Å². The fourth-order valence-electron chi connectivity index (χ4n) is 1.53. The number of nitrogens with one attached hydrogen (secondary N) is 2. The molecule has 0 radical (unpaired) electrons. The van der Waals surface area contributed by atoms with E-state index in [1.807, 2.05) is 0 Å². The highest BCUT2D eigenvalue weighted by molar-refractivity contribution is 5.81. The number of hydrogen-bond donors (Lipinski definition) is 7. The van der Waals surface area contributed by atoms with E-state index in [2.05, 4.69) is 10.6 Å². The van der Waals surface area contributed by atoms with Gasteiger partial charge < -0.3 is 36.2 Å². The zero-order valence-electron chi connectivity index (χ0n) is 11.9. The summed E-state index contributed by atoms with van der Waals surface area (Å²) >= 11 is 0. The van der Waals surface area contributed by atoms with Gasteiger partial charge in [0.05, 0.1) is 6.61 Å². The quantitative estimate of drug-likeness (QED) is 0.206. The van der Waals surface area contributed by atoms with Gasteiger partial charge in [-0.05, 0) is 12.8 Å². The second-order valence-electron chi connectivity index (χ2n) is 4.60. The summed E-state index contributed by atoms with van der Waals surface area (Å²) in [6, 6.07) is 0. The predicted molar refractivity (Wildman–Crippen MR) is 72.0 cm³/mol. The van der Waals surface area contributed by atoms with Gasteiger partial charge in [-0.2, -0.15) is 0 Å². The second kappa shape index (κ2) is 10.5. The maximum absolute atomic E-state index is 11.5. The molecule has 0 saturated carbocycles. The fourth-order valence-corrected chi connectivity index (χ4v) is 1.53. The number of aliphatic hydroxyl groups excluding tert-OH is 5. The van der Waals surface area contributed by atoms with Crippen LogP contribution in [-0.4, -0.2) is 82.0 Å². The van der Waals surface area contributed by atoms with Crippen molar-refractivity contribution < 1.29 is 35.1 Å². The maximum atomic E-state index is 11.5. The number of hydrogen-bond acceptors (Lipinski definition) is 7. The van der Waals surface area contributed by atoms with Crippen molar-refractivity contribution in [2.45, 2.75) is 43.7 Å². The minimum absolute atomic E-state index is 0.113. The van der Waals surface area contributed by atoms with Gasteiger partial charge in [0.15, 0.2) is 6.10 Å². The molecule has 0 aromatic carbocycles. The first kappa shape index (κ1) is 19.7. The molecule has 0 saturated heterocycles. The molecule has 0 spiro atoms. The Morgan fingerprint density at radius 2 is 1.67 bits per heavy atom. The van der Waals surface area contributed by atoms with E-state index in [4.69, 9.17) is 10.2 Å². The largest absolute Gasteiger partial charge is 0.394 e. The van der Waals surface area contributed by atoms with Crippen LogP contribution in [0.25, 0.3) is 0 Å². The van der Waals surface area contributed by atoms with Gasteiger partial charge in [-0.25, -0.2) is 0 Å². The minimum atomic E-state index is -1.93. The molecule has 0 aliphatic carbocycles. The molecule has 0 aliphatic heterocycles. The third-order valence-corrected chi connectivity index (χ3v) is 2.93. The number of carbonyl (C=O) groups excluding carboxylic acids is 2. The Morgan fingerprint density at radius 3 is 2.19 bits per heavy atom. The van der Waals surface area contributed by atoms with Gasteiger partial charge >= 0.3 is 0 Å². The lowest BCUT2D eigenvalue weighted by Crippen LogP contribution is -2.51. The second-order valence-corrected chi connectivity index (χ2v) is 4.60. The monoisotopic (exact) mass is 308 g/mol. The molecule has 4 atom stereocenters. The first-order valence-electron chi connectivity index (χ1n) is 6.66. The van der Waals surface area contributed by atoms with Crippen LogP contribution in [0.4, 0.5) is 0 Å². The van der Waals surface area contributed by atoms with Gasteiger partial charge in [-0.15, -0.1) is 0 Å². The molecule has 2 amide bonds. The third kappa shape index (κ3) is 7.34. The van der Waals surface area contributed by atoms with Crippen LogP contribution in [0.15, 0.2) is 0 Å². The smallest absolute Gasteiger partial charge is 0.251 e. The summed E-state index contributed by atoms with van der Waals surface area (Å²) in [7, 11) is 1.52. The molecule has 0 heterocycles. The van der Waals surface area contributed by atoms with Gasteiger partial charge in [0.1, 0.15) is 18.3 Å². The summed E-state index contributed by atoms with van der Waals surface area (Å²) in [5.41, 5.74) is 0. The van der Waals surface area contributed by atoms with Crippen molar-refractivity contribution in [3.8, 4) is 0 Å². The van der Waals surface area contributed by atoms with E-state index in [0.717, 1.165) is 0 Å². The summed E-state index contributed by atoms with van der Waals surface area (Å²) in [6.07, 6.45) is -5.98. The van der Waals surface area contributed by atoms with Crippen LogP contribution in [0.5, 0.6) is 0 Å². The molecule has 0 aliphatic rings. The zero-order chi connectivity index (χ0) is 16.4. The topological polar surface area (TPSA) is 159 Å². The lowest BCUT2D eigenvalue weighted by molar-refractivity contribution is -0.148. The lowest BCUT2D eigenvalue weighted by atomic mass is 10.0. The molecular weight excluding hydrogens is 284 g/mol. The molecule has 7 N–H and O–H groups in total.